The first kappa shape index (κ1) is 15.2. The molecule has 0 amide bonds. The first-order chi connectivity index (χ1) is 9.50. The summed E-state index contributed by atoms with van der Waals surface area (Å²) in [5, 5.41) is 3.16. The van der Waals surface area contributed by atoms with Gasteiger partial charge in [0.05, 0.1) is 12.5 Å². The first-order valence-electron chi connectivity index (χ1n) is 7.03. The molecule has 20 heavy (non-hydrogen) atoms. The van der Waals surface area contributed by atoms with Gasteiger partial charge in [-0.15, -0.1) is 0 Å². The van der Waals surface area contributed by atoms with Crippen molar-refractivity contribution in [3.05, 3.63) is 29.8 Å². The Balaban J connectivity index is 2.00. The highest BCUT2D eigenvalue weighted by Gasteiger charge is 2.42. The molecule has 1 aromatic rings. The van der Waals surface area contributed by atoms with Gasteiger partial charge in [-0.2, -0.15) is 13.2 Å². The van der Waals surface area contributed by atoms with Crippen molar-refractivity contribution in [3.8, 4) is 5.75 Å². The van der Waals surface area contributed by atoms with Crippen LogP contribution in [0.2, 0.25) is 0 Å². The van der Waals surface area contributed by atoms with Gasteiger partial charge in [-0.25, -0.2) is 0 Å². The van der Waals surface area contributed by atoms with E-state index in [2.05, 4.69) is 5.32 Å². The normalized spacial score (nSPS) is 23.6. The summed E-state index contributed by atoms with van der Waals surface area (Å²) in [5.74, 6) is -0.441. The van der Waals surface area contributed by atoms with E-state index in [1.54, 1.807) is 0 Å². The van der Waals surface area contributed by atoms with Gasteiger partial charge in [0, 0.05) is 6.04 Å². The molecule has 1 fully saturated rings. The van der Waals surface area contributed by atoms with Crippen LogP contribution in [0.25, 0.3) is 0 Å². The fourth-order valence-corrected chi connectivity index (χ4v) is 2.48. The standard InChI is InChI=1S/C15H20F3NO/c1-2-9-20-13-5-3-11(4-6-13)14-10-12(7-8-19-14)15(16,17)18/h3-6,12,14,19H,2,7-10H2,1H3. The van der Waals surface area contributed by atoms with Crippen LogP contribution < -0.4 is 10.1 Å². The molecule has 0 saturated carbocycles. The molecule has 2 unspecified atom stereocenters. The molecule has 1 aliphatic heterocycles. The van der Waals surface area contributed by atoms with Gasteiger partial charge < -0.3 is 10.1 Å². The van der Waals surface area contributed by atoms with Crippen LogP contribution in [0.3, 0.4) is 0 Å². The van der Waals surface area contributed by atoms with Gasteiger partial charge in [0.2, 0.25) is 0 Å². The van der Waals surface area contributed by atoms with Crippen molar-refractivity contribution in [1.82, 2.24) is 5.32 Å². The molecule has 0 bridgehead atoms. The number of ether oxygens (including phenoxy) is 1. The number of hydrogen-bond acceptors (Lipinski definition) is 2. The van der Waals surface area contributed by atoms with E-state index in [1.165, 1.54) is 0 Å². The zero-order valence-electron chi connectivity index (χ0n) is 11.5. The highest BCUT2D eigenvalue weighted by atomic mass is 19.4. The molecule has 1 saturated heterocycles. The molecule has 1 heterocycles. The van der Waals surface area contributed by atoms with Gasteiger partial charge in [0.15, 0.2) is 0 Å². The van der Waals surface area contributed by atoms with Crippen LogP contribution in [-0.2, 0) is 0 Å². The number of alkyl halides is 3. The summed E-state index contributed by atoms with van der Waals surface area (Å²) in [5.41, 5.74) is 0.891. The summed E-state index contributed by atoms with van der Waals surface area (Å²) in [6, 6.07) is 7.12. The predicted molar refractivity (Wildman–Crippen MR) is 71.8 cm³/mol. The number of rotatable bonds is 4. The van der Waals surface area contributed by atoms with Crippen molar-refractivity contribution in [2.45, 2.75) is 38.4 Å². The molecule has 1 aromatic carbocycles. The molecule has 2 atom stereocenters. The SMILES string of the molecule is CCCOc1ccc(C2CC(C(F)(F)F)CCN2)cc1. The van der Waals surface area contributed by atoms with E-state index in [1.807, 2.05) is 31.2 Å². The Morgan fingerprint density at radius 1 is 1.25 bits per heavy atom. The monoisotopic (exact) mass is 287 g/mol. The lowest BCUT2D eigenvalue weighted by atomic mass is 9.88. The minimum Gasteiger partial charge on any atom is -0.494 e. The van der Waals surface area contributed by atoms with Crippen LogP contribution >= 0.6 is 0 Å². The van der Waals surface area contributed by atoms with Crippen molar-refractivity contribution < 1.29 is 17.9 Å². The van der Waals surface area contributed by atoms with E-state index in [0.29, 0.717) is 13.2 Å². The van der Waals surface area contributed by atoms with Crippen molar-refractivity contribution in [1.29, 1.82) is 0 Å². The summed E-state index contributed by atoms with van der Waals surface area (Å²) in [6.07, 6.45) is -2.89. The Hall–Kier alpha value is -1.23. The Morgan fingerprint density at radius 2 is 1.95 bits per heavy atom. The second-order valence-corrected chi connectivity index (χ2v) is 5.19. The summed E-state index contributed by atoms with van der Waals surface area (Å²) in [4.78, 5) is 0. The Kier molecular flexibility index (Phi) is 4.91. The molecule has 0 radical (unpaired) electrons. The number of hydrogen-bond donors (Lipinski definition) is 1. The molecule has 1 N–H and O–H groups in total. The summed E-state index contributed by atoms with van der Waals surface area (Å²) in [7, 11) is 0. The molecule has 1 aliphatic rings. The third kappa shape index (κ3) is 3.88. The van der Waals surface area contributed by atoms with Crippen LogP contribution in [0.15, 0.2) is 24.3 Å². The van der Waals surface area contributed by atoms with Crippen LogP contribution in [0, 0.1) is 5.92 Å². The number of piperidine rings is 1. The zero-order valence-corrected chi connectivity index (χ0v) is 11.5. The minimum absolute atomic E-state index is 0.110. The average Bonchev–Trinajstić information content (AvgIpc) is 2.45. The second-order valence-electron chi connectivity index (χ2n) is 5.19. The number of benzene rings is 1. The van der Waals surface area contributed by atoms with Crippen molar-refractivity contribution in [2.75, 3.05) is 13.2 Å². The van der Waals surface area contributed by atoms with Crippen molar-refractivity contribution >= 4 is 0 Å². The summed E-state index contributed by atoms with van der Waals surface area (Å²) >= 11 is 0. The molecular formula is C15H20F3NO. The van der Waals surface area contributed by atoms with Gasteiger partial charge in [0.1, 0.15) is 5.75 Å². The lowest BCUT2D eigenvalue weighted by Gasteiger charge is -2.31. The fourth-order valence-electron chi connectivity index (χ4n) is 2.48. The summed E-state index contributed by atoms with van der Waals surface area (Å²) < 4.78 is 43.8. The Bertz CT molecular complexity index is 416. The van der Waals surface area contributed by atoms with E-state index in [9.17, 15) is 13.2 Å². The first-order valence-corrected chi connectivity index (χ1v) is 7.03. The maximum Gasteiger partial charge on any atom is 0.391 e. The Labute approximate surface area is 117 Å². The average molecular weight is 287 g/mol. The second kappa shape index (κ2) is 6.48. The van der Waals surface area contributed by atoms with Gasteiger partial charge in [-0.3, -0.25) is 0 Å². The van der Waals surface area contributed by atoms with Crippen LogP contribution in [-0.4, -0.2) is 19.3 Å². The maximum absolute atomic E-state index is 12.8. The number of nitrogens with one attached hydrogen (secondary N) is 1. The Morgan fingerprint density at radius 3 is 2.55 bits per heavy atom. The quantitative estimate of drug-likeness (QED) is 0.901. The smallest absolute Gasteiger partial charge is 0.391 e. The van der Waals surface area contributed by atoms with Gasteiger partial charge in [-0.1, -0.05) is 19.1 Å². The molecule has 0 aromatic heterocycles. The van der Waals surface area contributed by atoms with Crippen LogP contribution in [0.4, 0.5) is 13.2 Å². The van der Waals surface area contributed by atoms with Crippen LogP contribution in [0.1, 0.15) is 37.8 Å². The molecule has 112 valence electrons. The van der Waals surface area contributed by atoms with Crippen LogP contribution in [0.5, 0.6) is 5.75 Å². The molecular weight excluding hydrogens is 267 g/mol. The lowest BCUT2D eigenvalue weighted by molar-refractivity contribution is -0.183. The lowest BCUT2D eigenvalue weighted by Crippen LogP contribution is -2.37. The highest BCUT2D eigenvalue weighted by Crippen LogP contribution is 2.38. The van der Waals surface area contributed by atoms with Crippen molar-refractivity contribution in [2.24, 2.45) is 5.92 Å². The van der Waals surface area contributed by atoms with E-state index in [0.717, 1.165) is 17.7 Å². The van der Waals surface area contributed by atoms with E-state index >= 15 is 0 Å². The number of halogens is 3. The zero-order chi connectivity index (χ0) is 14.6. The molecule has 2 nitrogen and oxygen atoms in total. The van der Waals surface area contributed by atoms with Crippen molar-refractivity contribution in [3.63, 3.8) is 0 Å². The molecule has 0 spiro atoms. The maximum atomic E-state index is 12.8. The topological polar surface area (TPSA) is 21.3 Å². The third-order valence-corrected chi connectivity index (χ3v) is 3.62. The highest BCUT2D eigenvalue weighted by molar-refractivity contribution is 5.29. The van der Waals surface area contributed by atoms with Gasteiger partial charge in [0.25, 0.3) is 0 Å². The molecule has 5 heteroatoms. The molecule has 2 rings (SSSR count). The van der Waals surface area contributed by atoms with E-state index < -0.39 is 12.1 Å². The van der Waals surface area contributed by atoms with Gasteiger partial charge in [-0.05, 0) is 43.5 Å². The minimum atomic E-state index is -4.09. The van der Waals surface area contributed by atoms with E-state index in [-0.39, 0.29) is 18.9 Å². The largest absolute Gasteiger partial charge is 0.494 e. The predicted octanol–water partition coefficient (Wildman–Crippen LogP) is 4.08. The summed E-state index contributed by atoms with van der Waals surface area (Å²) in [6.45, 7) is 3.08. The fraction of sp³-hybridized carbons (Fsp3) is 0.600. The van der Waals surface area contributed by atoms with E-state index in [4.69, 9.17) is 4.74 Å². The molecule has 0 aliphatic carbocycles. The third-order valence-electron chi connectivity index (χ3n) is 3.62. The van der Waals surface area contributed by atoms with Gasteiger partial charge >= 0.3 is 6.18 Å².